The molecule has 1 spiro atoms. The molecule has 1 aliphatic carbocycles. The first kappa shape index (κ1) is 32.0. The summed E-state index contributed by atoms with van der Waals surface area (Å²) in [4.78, 5) is 20.2. The van der Waals surface area contributed by atoms with Crippen LogP contribution in [0.25, 0.3) is 67.7 Å². The van der Waals surface area contributed by atoms with E-state index in [4.69, 9.17) is 24.7 Å². The van der Waals surface area contributed by atoms with E-state index in [2.05, 4.69) is 109 Å². The van der Waals surface area contributed by atoms with E-state index >= 15 is 0 Å². The molecule has 3 heterocycles. The van der Waals surface area contributed by atoms with Crippen molar-refractivity contribution in [3.05, 3.63) is 217 Å². The van der Waals surface area contributed by atoms with E-state index in [0.29, 0.717) is 17.5 Å². The van der Waals surface area contributed by atoms with Gasteiger partial charge in [-0.25, -0.2) is 15.0 Å². The summed E-state index contributed by atoms with van der Waals surface area (Å²) in [6, 6.07) is 65.2. The molecule has 0 unspecified atom stereocenters. The lowest BCUT2D eigenvalue weighted by atomic mass is 9.65. The molecule has 7 aromatic carbocycles. The van der Waals surface area contributed by atoms with Gasteiger partial charge in [-0.05, 0) is 58.1 Å². The molecule has 56 heavy (non-hydrogen) atoms. The van der Waals surface area contributed by atoms with Gasteiger partial charge in [0.05, 0.1) is 11.1 Å². The number of rotatable bonds is 5. The van der Waals surface area contributed by atoms with Crippen molar-refractivity contribution in [3.63, 3.8) is 0 Å². The van der Waals surface area contributed by atoms with Crippen LogP contribution in [0.3, 0.4) is 0 Å². The van der Waals surface area contributed by atoms with Gasteiger partial charge in [-0.2, -0.15) is 0 Å². The van der Waals surface area contributed by atoms with E-state index < -0.39 is 5.41 Å². The Labute approximate surface area is 324 Å². The average molecular weight is 717 g/mol. The lowest BCUT2D eigenvalue weighted by Gasteiger charge is -2.39. The third-order valence-corrected chi connectivity index (χ3v) is 11.1. The van der Waals surface area contributed by atoms with Crippen LogP contribution >= 0.6 is 0 Å². The molecule has 2 aromatic heterocycles. The van der Waals surface area contributed by atoms with Crippen LogP contribution in [0, 0.1) is 0 Å². The van der Waals surface area contributed by atoms with Crippen LogP contribution < -0.4 is 4.74 Å². The predicted molar refractivity (Wildman–Crippen MR) is 222 cm³/mol. The molecule has 5 nitrogen and oxygen atoms in total. The first-order chi connectivity index (χ1) is 27.7. The largest absolute Gasteiger partial charge is 0.457 e. The van der Waals surface area contributed by atoms with Crippen molar-refractivity contribution >= 4 is 0 Å². The van der Waals surface area contributed by atoms with Gasteiger partial charge in [0.1, 0.15) is 11.5 Å². The van der Waals surface area contributed by atoms with Gasteiger partial charge in [-0.15, -0.1) is 0 Å². The van der Waals surface area contributed by atoms with E-state index in [9.17, 15) is 0 Å². The normalized spacial score (nSPS) is 12.9. The molecule has 0 amide bonds. The molecule has 0 saturated carbocycles. The molecule has 0 fully saturated rings. The van der Waals surface area contributed by atoms with Gasteiger partial charge in [0.25, 0.3) is 0 Å². The Morgan fingerprint density at radius 3 is 1.32 bits per heavy atom. The van der Waals surface area contributed by atoms with E-state index in [0.717, 1.165) is 72.8 Å². The minimum atomic E-state index is -0.691. The van der Waals surface area contributed by atoms with Gasteiger partial charge >= 0.3 is 0 Å². The topological polar surface area (TPSA) is 60.8 Å². The van der Waals surface area contributed by atoms with Gasteiger partial charge in [0.15, 0.2) is 17.5 Å². The molecule has 0 bridgehead atoms. The number of para-hydroxylation sites is 2. The van der Waals surface area contributed by atoms with Crippen molar-refractivity contribution in [2.24, 2.45) is 0 Å². The van der Waals surface area contributed by atoms with Crippen LogP contribution in [0.15, 0.2) is 194 Å². The van der Waals surface area contributed by atoms with Crippen LogP contribution in [-0.2, 0) is 5.41 Å². The van der Waals surface area contributed by atoms with Crippen LogP contribution in [-0.4, -0.2) is 19.9 Å². The zero-order valence-corrected chi connectivity index (χ0v) is 30.2. The highest BCUT2D eigenvalue weighted by molar-refractivity contribution is 5.91. The minimum absolute atomic E-state index is 0.614. The fraction of sp³-hybridized carbons (Fsp3) is 0.0196. The molecule has 0 N–H and O–H groups in total. The van der Waals surface area contributed by atoms with Crippen LogP contribution in [0.2, 0.25) is 0 Å². The fourth-order valence-corrected chi connectivity index (χ4v) is 8.50. The zero-order valence-electron chi connectivity index (χ0n) is 30.2. The summed E-state index contributed by atoms with van der Waals surface area (Å²) in [5, 5.41) is 0. The Balaban J connectivity index is 1.14. The standard InChI is InChI=1S/C51H32N4O/c1-4-14-33(15-5-1)38-26-29-45(52-32-38)36-24-27-39-40-28-25-37(50-54-48(34-16-6-2-7-17-34)53-49(55-50)35-18-8-3-9-19-35)31-44(40)51(43(39)30-36)41-20-10-12-22-46(41)56-47-23-13-11-21-42(47)51/h1-32H. The van der Waals surface area contributed by atoms with E-state index in [-0.39, 0.29) is 0 Å². The third kappa shape index (κ3) is 5.02. The van der Waals surface area contributed by atoms with E-state index in [1.165, 1.54) is 11.1 Å². The average Bonchev–Trinajstić information content (AvgIpc) is 3.56. The molecule has 0 radical (unpaired) electrons. The highest BCUT2D eigenvalue weighted by Crippen LogP contribution is 2.62. The van der Waals surface area contributed by atoms with Crippen molar-refractivity contribution in [1.82, 2.24) is 19.9 Å². The van der Waals surface area contributed by atoms with Gasteiger partial charge in [0.2, 0.25) is 0 Å². The molecule has 9 aromatic rings. The van der Waals surface area contributed by atoms with Crippen LogP contribution in [0.4, 0.5) is 0 Å². The zero-order chi connectivity index (χ0) is 37.1. The SMILES string of the molecule is c1ccc(-c2ccc(-c3ccc4c(c3)C3(c5ccccc5Oc5ccccc53)c3cc(-c5nc(-c6ccccc6)nc(-c6ccccc6)n5)ccc3-4)nc2)cc1. The number of ether oxygens (including phenoxy) is 1. The summed E-state index contributed by atoms with van der Waals surface area (Å²) in [6.07, 6.45) is 1.97. The molecule has 1 aliphatic heterocycles. The van der Waals surface area contributed by atoms with Crippen molar-refractivity contribution in [1.29, 1.82) is 0 Å². The summed E-state index contributed by atoms with van der Waals surface area (Å²) in [5.74, 6) is 3.55. The molecule has 2 aliphatic rings. The second kappa shape index (κ2) is 12.8. The predicted octanol–water partition coefficient (Wildman–Crippen LogP) is 12.1. The maximum atomic E-state index is 6.66. The number of hydrogen-bond donors (Lipinski definition) is 0. The van der Waals surface area contributed by atoms with Crippen molar-refractivity contribution in [2.75, 3.05) is 0 Å². The van der Waals surface area contributed by atoms with Gasteiger partial charge in [0, 0.05) is 45.1 Å². The molecule has 262 valence electrons. The maximum absolute atomic E-state index is 6.66. The number of benzene rings is 7. The van der Waals surface area contributed by atoms with Crippen molar-refractivity contribution in [3.8, 4) is 79.2 Å². The minimum Gasteiger partial charge on any atom is -0.457 e. The first-order valence-electron chi connectivity index (χ1n) is 18.8. The molecule has 11 rings (SSSR count). The molecule has 5 heteroatoms. The highest BCUT2D eigenvalue weighted by Gasteiger charge is 2.51. The summed E-state index contributed by atoms with van der Waals surface area (Å²) < 4.78 is 6.66. The number of fused-ring (bicyclic) bond motifs is 9. The fourth-order valence-electron chi connectivity index (χ4n) is 8.50. The Morgan fingerprint density at radius 2 is 0.786 bits per heavy atom. The van der Waals surface area contributed by atoms with Crippen LogP contribution in [0.1, 0.15) is 22.3 Å². The van der Waals surface area contributed by atoms with Gasteiger partial charge in [-0.1, -0.05) is 158 Å². The monoisotopic (exact) mass is 716 g/mol. The quantitative estimate of drug-likeness (QED) is 0.177. The van der Waals surface area contributed by atoms with Gasteiger partial charge in [-0.3, -0.25) is 4.98 Å². The second-order valence-corrected chi connectivity index (χ2v) is 14.2. The number of aromatic nitrogens is 4. The smallest absolute Gasteiger partial charge is 0.164 e. The molecular formula is C51H32N4O. The Hall–Kier alpha value is -7.50. The highest BCUT2D eigenvalue weighted by atomic mass is 16.5. The molecular weight excluding hydrogens is 685 g/mol. The Kier molecular flexibility index (Phi) is 7.32. The lowest BCUT2D eigenvalue weighted by Crippen LogP contribution is -2.32. The summed E-state index contributed by atoms with van der Waals surface area (Å²) in [7, 11) is 0. The lowest BCUT2D eigenvalue weighted by molar-refractivity contribution is 0.436. The summed E-state index contributed by atoms with van der Waals surface area (Å²) in [6.45, 7) is 0. The Bertz CT molecular complexity index is 2830. The first-order valence-corrected chi connectivity index (χ1v) is 18.8. The van der Waals surface area contributed by atoms with Crippen molar-refractivity contribution < 1.29 is 4.74 Å². The molecule has 0 saturated heterocycles. The maximum Gasteiger partial charge on any atom is 0.164 e. The van der Waals surface area contributed by atoms with Crippen LogP contribution in [0.5, 0.6) is 11.5 Å². The van der Waals surface area contributed by atoms with Crippen molar-refractivity contribution in [2.45, 2.75) is 5.41 Å². The number of hydrogen-bond acceptors (Lipinski definition) is 5. The summed E-state index contributed by atoms with van der Waals surface area (Å²) >= 11 is 0. The number of pyridine rings is 1. The third-order valence-electron chi connectivity index (χ3n) is 11.1. The van der Waals surface area contributed by atoms with E-state index in [1.54, 1.807) is 0 Å². The molecule has 0 atom stereocenters. The van der Waals surface area contributed by atoms with E-state index in [1.807, 2.05) is 85.1 Å². The van der Waals surface area contributed by atoms with Gasteiger partial charge < -0.3 is 4.74 Å². The second-order valence-electron chi connectivity index (χ2n) is 14.2. The Morgan fingerprint density at radius 1 is 0.339 bits per heavy atom. The summed E-state index contributed by atoms with van der Waals surface area (Å²) in [5.41, 5.74) is 13.1. The number of nitrogens with zero attached hydrogens (tertiary/aromatic N) is 4.